The molecule has 170 valence electrons. The maximum atomic E-state index is 12.2. The molecule has 0 saturated heterocycles. The van der Waals surface area contributed by atoms with Gasteiger partial charge in [-0.15, -0.1) is 0 Å². The molecule has 0 radical (unpaired) electrons. The molecule has 2 N–H and O–H groups in total. The zero-order chi connectivity index (χ0) is 23.5. The molecule has 0 unspecified atom stereocenters. The van der Waals surface area contributed by atoms with Crippen molar-refractivity contribution in [3.8, 4) is 22.3 Å². The highest BCUT2D eigenvalue weighted by Crippen LogP contribution is 2.48. The van der Waals surface area contributed by atoms with Crippen molar-refractivity contribution in [1.82, 2.24) is 5.16 Å². The molecule has 1 aliphatic rings. The number of nitrogens with zero attached hydrogens (tertiary/aromatic N) is 1. The van der Waals surface area contributed by atoms with Crippen LogP contribution >= 0.6 is 0 Å². The highest BCUT2D eigenvalue weighted by atomic mass is 16.6. The summed E-state index contributed by atoms with van der Waals surface area (Å²) >= 11 is 0. The second-order valence-electron chi connectivity index (χ2n) is 8.30. The van der Waals surface area contributed by atoms with Gasteiger partial charge in [0.15, 0.2) is 0 Å². The number of aliphatic carboxylic acids is 1. The van der Waals surface area contributed by atoms with Crippen molar-refractivity contribution in [3.63, 3.8) is 0 Å². The Morgan fingerprint density at radius 1 is 0.912 bits per heavy atom. The standard InChI is InChI=1S/C27H22N2O5/c30-25(31)27(14-15-27)22-12-10-20(11-13-22)19-6-8-21(9-7-19)23-16-28-34-24(23)29-26(32)33-17-18-4-2-1-3-5-18/h1-13,16H,14-15,17H2,(H,29,32)(H,30,31). The second-order valence-corrected chi connectivity index (χ2v) is 8.30. The quantitative estimate of drug-likeness (QED) is 0.362. The van der Waals surface area contributed by atoms with Gasteiger partial charge < -0.3 is 14.4 Å². The van der Waals surface area contributed by atoms with Crippen LogP contribution in [0.25, 0.3) is 22.3 Å². The number of nitrogens with one attached hydrogen (secondary N) is 1. The number of carbonyl (C=O) groups excluding carboxylic acids is 1. The summed E-state index contributed by atoms with van der Waals surface area (Å²) in [7, 11) is 0. The minimum Gasteiger partial charge on any atom is -0.481 e. The van der Waals surface area contributed by atoms with Gasteiger partial charge in [0.25, 0.3) is 0 Å². The highest BCUT2D eigenvalue weighted by Gasteiger charge is 2.51. The Kier molecular flexibility index (Phi) is 5.59. The molecule has 1 fully saturated rings. The topological polar surface area (TPSA) is 102 Å². The van der Waals surface area contributed by atoms with Crippen LogP contribution in [-0.2, 0) is 21.6 Å². The first-order valence-electron chi connectivity index (χ1n) is 10.9. The van der Waals surface area contributed by atoms with Crippen LogP contribution in [0.15, 0.2) is 89.6 Å². The Bertz CT molecular complexity index is 1310. The molecular weight excluding hydrogens is 432 g/mol. The maximum Gasteiger partial charge on any atom is 0.414 e. The Morgan fingerprint density at radius 2 is 1.53 bits per heavy atom. The number of amides is 1. The fourth-order valence-corrected chi connectivity index (χ4v) is 3.96. The molecule has 1 amide bonds. The Labute approximate surface area is 196 Å². The number of benzene rings is 3. The SMILES string of the molecule is O=C(Nc1oncc1-c1ccc(-c2ccc(C3(C(=O)O)CC3)cc2)cc1)OCc1ccccc1. The number of ether oxygens (including phenoxy) is 1. The van der Waals surface area contributed by atoms with Crippen molar-refractivity contribution in [2.75, 3.05) is 5.32 Å². The molecule has 7 heteroatoms. The smallest absolute Gasteiger partial charge is 0.414 e. The fourth-order valence-electron chi connectivity index (χ4n) is 3.96. The third-order valence-corrected chi connectivity index (χ3v) is 6.12. The summed E-state index contributed by atoms with van der Waals surface area (Å²) in [6.45, 7) is 0.150. The van der Waals surface area contributed by atoms with E-state index in [-0.39, 0.29) is 12.5 Å². The third-order valence-electron chi connectivity index (χ3n) is 6.12. The van der Waals surface area contributed by atoms with Crippen molar-refractivity contribution in [2.45, 2.75) is 24.9 Å². The molecule has 3 aromatic carbocycles. The van der Waals surface area contributed by atoms with Gasteiger partial charge in [-0.2, -0.15) is 0 Å². The lowest BCUT2D eigenvalue weighted by Crippen LogP contribution is -2.19. The van der Waals surface area contributed by atoms with Crippen molar-refractivity contribution >= 4 is 17.9 Å². The van der Waals surface area contributed by atoms with Crippen molar-refractivity contribution in [1.29, 1.82) is 0 Å². The zero-order valence-corrected chi connectivity index (χ0v) is 18.2. The lowest BCUT2D eigenvalue weighted by atomic mass is 9.93. The lowest BCUT2D eigenvalue weighted by molar-refractivity contribution is -0.140. The van der Waals surface area contributed by atoms with E-state index in [9.17, 15) is 14.7 Å². The van der Waals surface area contributed by atoms with E-state index >= 15 is 0 Å². The Hall–Kier alpha value is -4.39. The lowest BCUT2D eigenvalue weighted by Gasteiger charge is -2.11. The van der Waals surface area contributed by atoms with Crippen LogP contribution in [0, 0.1) is 0 Å². The van der Waals surface area contributed by atoms with Crippen LogP contribution in [0.4, 0.5) is 10.7 Å². The summed E-state index contributed by atoms with van der Waals surface area (Å²) in [5.41, 5.74) is 4.46. The van der Waals surface area contributed by atoms with Crippen LogP contribution in [0.2, 0.25) is 0 Å². The van der Waals surface area contributed by atoms with Gasteiger partial charge in [0.2, 0.25) is 5.88 Å². The summed E-state index contributed by atoms with van der Waals surface area (Å²) < 4.78 is 10.5. The van der Waals surface area contributed by atoms with Crippen molar-refractivity contribution in [3.05, 3.63) is 96.2 Å². The average Bonchev–Trinajstić information content (AvgIpc) is 3.57. The highest BCUT2D eigenvalue weighted by molar-refractivity contribution is 5.89. The number of aromatic nitrogens is 1. The Balaban J connectivity index is 1.26. The molecule has 4 aromatic rings. The van der Waals surface area contributed by atoms with Crippen LogP contribution in [0.5, 0.6) is 0 Å². The largest absolute Gasteiger partial charge is 0.481 e. The van der Waals surface area contributed by atoms with E-state index in [4.69, 9.17) is 9.26 Å². The molecule has 1 heterocycles. The first-order valence-corrected chi connectivity index (χ1v) is 10.9. The van der Waals surface area contributed by atoms with Crippen molar-refractivity contribution in [2.24, 2.45) is 0 Å². The van der Waals surface area contributed by atoms with Gasteiger partial charge in [0, 0.05) is 0 Å². The number of carbonyl (C=O) groups is 2. The van der Waals surface area contributed by atoms with Gasteiger partial charge in [-0.3, -0.25) is 10.1 Å². The zero-order valence-electron chi connectivity index (χ0n) is 18.2. The van der Waals surface area contributed by atoms with Gasteiger partial charge in [0.1, 0.15) is 6.61 Å². The monoisotopic (exact) mass is 454 g/mol. The minimum absolute atomic E-state index is 0.150. The molecule has 0 aliphatic heterocycles. The van der Waals surface area contributed by atoms with E-state index in [1.165, 1.54) is 6.20 Å². The first kappa shape index (κ1) is 21.5. The van der Waals surface area contributed by atoms with Crippen LogP contribution in [0.1, 0.15) is 24.0 Å². The molecule has 0 bridgehead atoms. The molecule has 0 atom stereocenters. The van der Waals surface area contributed by atoms with Gasteiger partial charge in [-0.1, -0.05) is 84.0 Å². The number of rotatable bonds is 7. The van der Waals surface area contributed by atoms with E-state index in [2.05, 4.69) is 10.5 Å². The number of carboxylic acid groups (broad SMARTS) is 1. The summed E-state index contributed by atoms with van der Waals surface area (Å²) in [6.07, 6.45) is 2.28. The molecule has 7 nitrogen and oxygen atoms in total. The van der Waals surface area contributed by atoms with Crippen LogP contribution < -0.4 is 5.32 Å². The minimum atomic E-state index is -0.758. The molecular formula is C27H22N2O5. The van der Waals surface area contributed by atoms with E-state index in [1.54, 1.807) is 0 Å². The summed E-state index contributed by atoms with van der Waals surface area (Å²) in [5.74, 6) is -0.551. The number of carboxylic acids is 1. The molecule has 1 aromatic heterocycles. The van der Waals surface area contributed by atoms with Gasteiger partial charge in [-0.25, -0.2) is 4.79 Å². The molecule has 34 heavy (non-hydrogen) atoms. The molecule has 5 rings (SSSR count). The molecule has 1 saturated carbocycles. The van der Waals surface area contributed by atoms with E-state index < -0.39 is 17.5 Å². The number of anilines is 1. The van der Waals surface area contributed by atoms with E-state index in [0.717, 1.165) is 27.8 Å². The second kappa shape index (κ2) is 8.86. The number of hydrogen-bond acceptors (Lipinski definition) is 5. The third kappa shape index (κ3) is 4.28. The Morgan fingerprint density at radius 3 is 2.15 bits per heavy atom. The average molecular weight is 454 g/mol. The van der Waals surface area contributed by atoms with Gasteiger partial charge in [0.05, 0.1) is 17.2 Å². The van der Waals surface area contributed by atoms with E-state index in [1.807, 2.05) is 78.9 Å². The predicted molar refractivity (Wildman–Crippen MR) is 126 cm³/mol. The first-order chi connectivity index (χ1) is 16.5. The van der Waals surface area contributed by atoms with Gasteiger partial charge >= 0.3 is 12.1 Å². The van der Waals surface area contributed by atoms with Gasteiger partial charge in [-0.05, 0) is 40.7 Å². The maximum absolute atomic E-state index is 12.2. The molecule has 0 spiro atoms. The summed E-state index contributed by atoms with van der Waals surface area (Å²) in [5, 5.41) is 15.9. The summed E-state index contributed by atoms with van der Waals surface area (Å²) in [4.78, 5) is 23.7. The fraction of sp³-hybridized carbons (Fsp3) is 0.148. The normalized spacial score (nSPS) is 13.8. The number of hydrogen-bond donors (Lipinski definition) is 2. The predicted octanol–water partition coefficient (Wildman–Crippen LogP) is 5.87. The van der Waals surface area contributed by atoms with Crippen LogP contribution in [0.3, 0.4) is 0 Å². The summed E-state index contributed by atoms with van der Waals surface area (Å²) in [6, 6.07) is 24.8. The van der Waals surface area contributed by atoms with E-state index in [0.29, 0.717) is 18.4 Å². The molecule has 1 aliphatic carbocycles. The van der Waals surface area contributed by atoms with Crippen molar-refractivity contribution < 1.29 is 24.0 Å². The van der Waals surface area contributed by atoms with Crippen LogP contribution in [-0.4, -0.2) is 22.3 Å².